The molecule has 0 bridgehead atoms. The Morgan fingerprint density at radius 3 is 2.43 bits per heavy atom. The van der Waals surface area contributed by atoms with Gasteiger partial charge in [0.25, 0.3) is 0 Å². The molecule has 3 saturated heterocycles. The van der Waals surface area contributed by atoms with Crippen LogP contribution in [0, 0.1) is 0 Å². The largest absolute Gasteiger partial charge is 0.515 e. The van der Waals surface area contributed by atoms with Crippen LogP contribution in [0.3, 0.4) is 0 Å². The Balaban J connectivity index is 1.35. The number of rotatable bonds is 7. The van der Waals surface area contributed by atoms with Crippen LogP contribution in [0.4, 0.5) is 15.3 Å². The number of anilines is 1. The first-order chi connectivity index (χ1) is 22.2. The number of piperazine rings is 1. The maximum Gasteiger partial charge on any atom is 0.515 e. The van der Waals surface area contributed by atoms with Gasteiger partial charge < -0.3 is 25.0 Å². The number of hydrogen-bond donors (Lipinski definition) is 2. The molecule has 4 heterocycles. The van der Waals surface area contributed by atoms with E-state index in [-0.39, 0.29) is 29.5 Å². The Hall–Kier alpha value is -2.35. The predicted octanol–water partition coefficient (Wildman–Crippen LogP) is 5.46. The summed E-state index contributed by atoms with van der Waals surface area (Å²) in [6, 6.07) is 13.9. The molecule has 2 N–H and O–H groups in total. The molecule has 3 atom stereocenters. The van der Waals surface area contributed by atoms with E-state index in [1.807, 2.05) is 47.4 Å². The van der Waals surface area contributed by atoms with Gasteiger partial charge >= 0.3 is 12.1 Å². The van der Waals surface area contributed by atoms with Crippen molar-refractivity contribution in [1.82, 2.24) is 19.6 Å². The summed E-state index contributed by atoms with van der Waals surface area (Å²) >= 11 is 7.16. The highest BCUT2D eigenvalue weighted by Crippen LogP contribution is 2.46. The van der Waals surface area contributed by atoms with Gasteiger partial charge in [0.05, 0.1) is 13.0 Å². The molecule has 0 saturated carbocycles. The number of piperidine rings is 2. The van der Waals surface area contributed by atoms with Crippen molar-refractivity contribution in [3.05, 3.63) is 62.5 Å². The lowest BCUT2D eigenvalue weighted by Crippen LogP contribution is -2.78. The van der Waals surface area contributed by atoms with Crippen LogP contribution in [0.5, 0.6) is 0 Å². The molecule has 46 heavy (non-hydrogen) atoms. The number of likely N-dealkylation sites (N-methyl/N-ethyl adjacent to an activating group) is 1. The molecule has 0 aromatic heterocycles. The summed E-state index contributed by atoms with van der Waals surface area (Å²) in [5.74, 6) is 0. The van der Waals surface area contributed by atoms with Gasteiger partial charge in [-0.15, -0.1) is 0 Å². The number of nitrogens with zero attached hydrogens (tertiary/aromatic N) is 5. The first kappa shape index (κ1) is 33.5. The molecule has 3 fully saturated rings. The first-order valence-electron chi connectivity index (χ1n) is 16.5. The fraction of sp³-hybridized carbons (Fsp3) is 0.559. The van der Waals surface area contributed by atoms with Crippen LogP contribution < -0.4 is 5.32 Å². The lowest BCUT2D eigenvalue weighted by molar-refractivity contribution is -0.942. The number of quaternary nitrogens is 1. The zero-order chi connectivity index (χ0) is 32.5. The monoisotopic (exact) mass is 759 g/mol. The number of halogens is 2. The zero-order valence-electron chi connectivity index (χ0n) is 26.5. The summed E-state index contributed by atoms with van der Waals surface area (Å²) in [6.07, 6.45) is 3.60. The quantitative estimate of drug-likeness (QED) is 0.286. The van der Waals surface area contributed by atoms with E-state index in [9.17, 15) is 19.5 Å². The number of urea groups is 1. The number of carboxylic acid groups (broad SMARTS) is 1. The standard InChI is InChI=1S/C34H44Br2N6O4/c1-38-16-18-39(19-17-38)27-9-13-40(14-10-27)34(12-21-43)23-28(41-15-8-26-4-2-3-5-31(26)37-32(41)44)11-20-42(34,33(45)46)24-25-6-7-29(35)30(36)22-25/h2-7,21-22,27-28H,8-20,23-24H2,1H3,(H-,37,44,45,46)/p+1/t28?,34?,42-/m0/s1. The maximum atomic E-state index is 13.8. The van der Waals surface area contributed by atoms with E-state index in [1.165, 1.54) is 0 Å². The molecule has 0 radical (unpaired) electrons. The van der Waals surface area contributed by atoms with Gasteiger partial charge in [-0.1, -0.05) is 24.3 Å². The molecule has 2 unspecified atom stereocenters. The molecule has 2 aromatic rings. The molecule has 6 rings (SSSR count). The van der Waals surface area contributed by atoms with Crippen molar-refractivity contribution in [3.8, 4) is 0 Å². The Kier molecular flexibility index (Phi) is 10.2. The van der Waals surface area contributed by atoms with Crippen molar-refractivity contribution >= 4 is 56.0 Å². The van der Waals surface area contributed by atoms with Crippen molar-refractivity contribution in [2.45, 2.75) is 62.8 Å². The van der Waals surface area contributed by atoms with Crippen LogP contribution in [-0.2, 0) is 17.8 Å². The molecule has 2 aromatic carbocycles. The number of amides is 3. The molecule has 0 spiro atoms. The zero-order valence-corrected chi connectivity index (χ0v) is 29.7. The SMILES string of the molecule is CN1CCN(C2CCN(C3(CC=O)CC(N4CCc5ccccc5NC4=O)CC[N@+]3(Cc3ccc(Br)c(Br)c3)C(=O)O)CC2)CC1. The Bertz CT molecular complexity index is 1450. The average Bonchev–Trinajstić information content (AvgIpc) is 3.22. The van der Waals surface area contributed by atoms with Crippen LogP contribution in [0.25, 0.3) is 0 Å². The smallest absolute Gasteiger partial charge is 0.435 e. The molecular formula is C34H45Br2N6O4+. The number of likely N-dealkylation sites (tertiary alicyclic amines) is 2. The summed E-state index contributed by atoms with van der Waals surface area (Å²) in [5.41, 5.74) is 1.80. The van der Waals surface area contributed by atoms with E-state index in [1.54, 1.807) is 0 Å². The lowest BCUT2D eigenvalue weighted by Gasteiger charge is -2.59. The van der Waals surface area contributed by atoms with Gasteiger partial charge in [-0.05, 0) is 81.9 Å². The van der Waals surface area contributed by atoms with Crippen LogP contribution in [0.1, 0.15) is 43.2 Å². The van der Waals surface area contributed by atoms with Gasteiger partial charge in [0.1, 0.15) is 12.8 Å². The van der Waals surface area contributed by atoms with Gasteiger partial charge in [0.15, 0.2) is 5.66 Å². The Labute approximate surface area is 288 Å². The van der Waals surface area contributed by atoms with E-state index >= 15 is 0 Å². The van der Waals surface area contributed by atoms with Crippen molar-refractivity contribution in [1.29, 1.82) is 0 Å². The number of carbonyl (C=O) groups is 3. The molecule has 3 amide bonds. The molecule has 4 aliphatic rings. The summed E-state index contributed by atoms with van der Waals surface area (Å²) in [4.78, 5) is 49.4. The minimum absolute atomic E-state index is 0.0857. The molecule has 12 heteroatoms. The van der Waals surface area contributed by atoms with Gasteiger partial charge in [0.2, 0.25) is 0 Å². The second kappa shape index (κ2) is 14.0. The van der Waals surface area contributed by atoms with Crippen molar-refractivity contribution < 1.29 is 24.0 Å². The van der Waals surface area contributed by atoms with E-state index in [4.69, 9.17) is 0 Å². The molecule has 4 aliphatic heterocycles. The van der Waals surface area contributed by atoms with Crippen LogP contribution >= 0.6 is 31.9 Å². The second-order valence-electron chi connectivity index (χ2n) is 13.5. The molecule has 0 aliphatic carbocycles. The minimum Gasteiger partial charge on any atom is -0.435 e. The molecule has 10 nitrogen and oxygen atoms in total. The second-order valence-corrected chi connectivity index (χ2v) is 15.2. The number of fused-ring (bicyclic) bond motifs is 1. The van der Waals surface area contributed by atoms with E-state index < -0.39 is 11.8 Å². The first-order valence-corrected chi connectivity index (χ1v) is 18.1. The normalized spacial score (nSPS) is 28.7. The number of hydrogen-bond acceptors (Lipinski definition) is 6. The number of benzene rings is 2. The highest BCUT2D eigenvalue weighted by molar-refractivity contribution is 9.13. The average molecular weight is 762 g/mol. The number of para-hydroxylation sites is 1. The molecule has 248 valence electrons. The van der Waals surface area contributed by atoms with E-state index in [0.717, 1.165) is 71.1 Å². The Morgan fingerprint density at radius 2 is 1.74 bits per heavy atom. The number of aldehydes is 1. The van der Waals surface area contributed by atoms with E-state index in [2.05, 4.69) is 58.9 Å². The third kappa shape index (κ3) is 6.41. The topological polar surface area (TPSA) is 96.4 Å². The van der Waals surface area contributed by atoms with Crippen LogP contribution in [0.15, 0.2) is 51.4 Å². The lowest BCUT2D eigenvalue weighted by atomic mass is 9.81. The van der Waals surface area contributed by atoms with Gasteiger partial charge in [-0.2, -0.15) is 4.79 Å². The maximum absolute atomic E-state index is 13.8. The third-order valence-corrected chi connectivity index (χ3v) is 13.0. The number of carbonyl (C=O) groups excluding carboxylic acids is 2. The van der Waals surface area contributed by atoms with Crippen LogP contribution in [0.2, 0.25) is 0 Å². The third-order valence-electron chi connectivity index (χ3n) is 11.1. The summed E-state index contributed by atoms with van der Waals surface area (Å²) in [7, 11) is 2.17. The van der Waals surface area contributed by atoms with E-state index in [0.29, 0.717) is 51.5 Å². The highest BCUT2D eigenvalue weighted by atomic mass is 79.9. The minimum atomic E-state index is -1.01. The highest BCUT2D eigenvalue weighted by Gasteiger charge is 2.64. The number of nitrogens with one attached hydrogen (secondary N) is 1. The van der Waals surface area contributed by atoms with Gasteiger partial charge in [-0.25, -0.2) is 9.28 Å². The summed E-state index contributed by atoms with van der Waals surface area (Å²) in [6.45, 7) is 6.74. The van der Waals surface area contributed by atoms with Crippen LogP contribution in [-0.4, -0.2) is 125 Å². The van der Waals surface area contributed by atoms with Gasteiger partial charge in [0, 0.05) is 90.9 Å². The Morgan fingerprint density at radius 1 is 1.00 bits per heavy atom. The fourth-order valence-electron chi connectivity index (χ4n) is 8.51. The van der Waals surface area contributed by atoms with Crippen molar-refractivity contribution in [2.75, 3.05) is 64.7 Å². The van der Waals surface area contributed by atoms with Crippen molar-refractivity contribution in [3.63, 3.8) is 0 Å². The summed E-state index contributed by atoms with van der Waals surface area (Å²) < 4.78 is 1.50. The van der Waals surface area contributed by atoms with Gasteiger partial charge in [-0.3, -0.25) is 9.80 Å². The fourth-order valence-corrected chi connectivity index (χ4v) is 9.18. The predicted molar refractivity (Wildman–Crippen MR) is 185 cm³/mol. The molecular weight excluding hydrogens is 716 g/mol. The van der Waals surface area contributed by atoms with Crippen molar-refractivity contribution in [2.24, 2.45) is 0 Å². The summed E-state index contributed by atoms with van der Waals surface area (Å²) in [5, 5.41) is 14.4.